The summed E-state index contributed by atoms with van der Waals surface area (Å²) < 4.78 is 0. The van der Waals surface area contributed by atoms with Crippen LogP contribution in [0, 0.1) is 5.92 Å². The van der Waals surface area contributed by atoms with E-state index in [1.807, 2.05) is 11.6 Å². The zero-order chi connectivity index (χ0) is 13.1. The third-order valence-corrected chi connectivity index (χ3v) is 5.11. The Morgan fingerprint density at radius 3 is 2.68 bits per heavy atom. The first-order valence-electron chi connectivity index (χ1n) is 7.53. The van der Waals surface area contributed by atoms with E-state index in [1.165, 1.54) is 32.1 Å². The highest BCUT2D eigenvalue weighted by Crippen LogP contribution is 2.32. The minimum Gasteiger partial charge on any atom is -0.339 e. The molecule has 1 aromatic heterocycles. The second-order valence-corrected chi connectivity index (χ2v) is 6.75. The van der Waals surface area contributed by atoms with E-state index in [0.29, 0.717) is 17.9 Å². The van der Waals surface area contributed by atoms with Crippen molar-refractivity contribution in [3.05, 3.63) is 16.6 Å². The van der Waals surface area contributed by atoms with Crippen LogP contribution in [0.1, 0.15) is 50.0 Å². The molecule has 0 N–H and O–H groups in total. The summed E-state index contributed by atoms with van der Waals surface area (Å²) in [6.45, 7) is 0.869. The van der Waals surface area contributed by atoms with E-state index in [2.05, 4.69) is 9.88 Å². The van der Waals surface area contributed by atoms with Gasteiger partial charge >= 0.3 is 0 Å². The molecule has 0 radical (unpaired) electrons. The maximum Gasteiger partial charge on any atom is 0.225 e. The van der Waals surface area contributed by atoms with Gasteiger partial charge in [0.25, 0.3) is 0 Å². The fourth-order valence-electron chi connectivity index (χ4n) is 3.04. The van der Waals surface area contributed by atoms with Crippen molar-refractivity contribution in [2.45, 2.75) is 57.4 Å². The van der Waals surface area contributed by atoms with E-state index < -0.39 is 0 Å². The number of carbonyl (C=O) groups excluding carboxylic acids is 1. The number of hydrogen-bond acceptors (Lipinski definition) is 3. The molecule has 3 rings (SSSR count). The Labute approximate surface area is 119 Å². The van der Waals surface area contributed by atoms with Gasteiger partial charge in [0, 0.05) is 36.5 Å². The van der Waals surface area contributed by atoms with E-state index in [9.17, 15) is 4.79 Å². The Morgan fingerprint density at radius 2 is 2.05 bits per heavy atom. The Balaban J connectivity index is 1.58. The molecule has 1 heterocycles. The first-order valence-corrected chi connectivity index (χ1v) is 8.41. The molecule has 2 aliphatic carbocycles. The molecule has 2 aliphatic rings. The monoisotopic (exact) mass is 278 g/mol. The van der Waals surface area contributed by atoms with Gasteiger partial charge in [-0.15, -0.1) is 11.3 Å². The molecule has 2 fully saturated rings. The molecule has 0 bridgehead atoms. The zero-order valence-electron chi connectivity index (χ0n) is 11.4. The Kier molecular flexibility index (Phi) is 4.16. The van der Waals surface area contributed by atoms with Gasteiger partial charge in [0.2, 0.25) is 5.91 Å². The Hall–Kier alpha value is -0.900. The maximum absolute atomic E-state index is 12.6. The highest BCUT2D eigenvalue weighted by atomic mass is 32.1. The van der Waals surface area contributed by atoms with E-state index >= 15 is 0 Å². The van der Waals surface area contributed by atoms with Crippen molar-refractivity contribution in [3.8, 4) is 0 Å². The minimum absolute atomic E-state index is 0.311. The summed E-state index contributed by atoms with van der Waals surface area (Å²) in [5.74, 6) is 0.740. The number of carbonyl (C=O) groups is 1. The van der Waals surface area contributed by atoms with Crippen molar-refractivity contribution < 1.29 is 4.79 Å². The fourth-order valence-corrected chi connectivity index (χ4v) is 3.65. The summed E-state index contributed by atoms with van der Waals surface area (Å²) in [5, 5.41) is 3.17. The summed E-state index contributed by atoms with van der Waals surface area (Å²) in [6.07, 6.45) is 11.2. The summed E-state index contributed by atoms with van der Waals surface area (Å²) in [7, 11) is 0. The normalized spacial score (nSPS) is 20.4. The van der Waals surface area contributed by atoms with E-state index in [1.54, 1.807) is 11.3 Å². The van der Waals surface area contributed by atoms with Crippen LogP contribution >= 0.6 is 11.3 Å². The SMILES string of the molecule is O=C(C1CCCCC1)N(CCc1nccs1)C1CC1. The standard InChI is InChI=1S/C15H22N2OS/c18-15(12-4-2-1-3-5-12)17(13-6-7-13)10-8-14-16-9-11-19-14/h9,11-13H,1-8,10H2. The van der Waals surface area contributed by atoms with Gasteiger partial charge in [0.1, 0.15) is 0 Å². The largest absolute Gasteiger partial charge is 0.339 e. The summed E-state index contributed by atoms with van der Waals surface area (Å²) in [4.78, 5) is 19.1. The van der Waals surface area contributed by atoms with Crippen molar-refractivity contribution in [1.82, 2.24) is 9.88 Å². The molecule has 4 heteroatoms. The molecular formula is C15H22N2OS. The molecule has 0 saturated heterocycles. The van der Waals surface area contributed by atoms with Crippen LogP contribution in [0.4, 0.5) is 0 Å². The number of aromatic nitrogens is 1. The van der Waals surface area contributed by atoms with Crippen molar-refractivity contribution in [2.75, 3.05) is 6.54 Å². The van der Waals surface area contributed by atoms with Crippen LogP contribution in [0.5, 0.6) is 0 Å². The predicted octanol–water partition coefficient (Wildman–Crippen LogP) is 3.26. The molecule has 0 spiro atoms. The van der Waals surface area contributed by atoms with Crippen LogP contribution < -0.4 is 0 Å². The molecule has 0 unspecified atom stereocenters. The number of rotatable bonds is 5. The second-order valence-electron chi connectivity index (χ2n) is 5.77. The van der Waals surface area contributed by atoms with Crippen LogP contribution in [0.3, 0.4) is 0 Å². The van der Waals surface area contributed by atoms with Crippen LogP contribution in [0.15, 0.2) is 11.6 Å². The lowest BCUT2D eigenvalue weighted by Crippen LogP contribution is -2.39. The third kappa shape index (κ3) is 3.35. The van der Waals surface area contributed by atoms with Crippen molar-refractivity contribution >= 4 is 17.2 Å². The molecule has 0 aromatic carbocycles. The van der Waals surface area contributed by atoms with Gasteiger partial charge in [-0.05, 0) is 25.7 Å². The Bertz CT molecular complexity index is 408. The van der Waals surface area contributed by atoms with E-state index in [4.69, 9.17) is 0 Å². The maximum atomic E-state index is 12.6. The lowest BCUT2D eigenvalue weighted by molar-refractivity contribution is -0.137. The number of amides is 1. The van der Waals surface area contributed by atoms with Gasteiger partial charge < -0.3 is 4.90 Å². The lowest BCUT2D eigenvalue weighted by atomic mass is 9.88. The first kappa shape index (κ1) is 13.1. The summed E-state index contributed by atoms with van der Waals surface area (Å²) in [6, 6.07) is 0.536. The molecule has 1 amide bonds. The van der Waals surface area contributed by atoms with Crippen molar-refractivity contribution in [3.63, 3.8) is 0 Å². The molecule has 104 valence electrons. The number of hydrogen-bond donors (Lipinski definition) is 0. The fraction of sp³-hybridized carbons (Fsp3) is 0.733. The quantitative estimate of drug-likeness (QED) is 0.828. The number of nitrogens with zero attached hydrogens (tertiary/aromatic N) is 2. The molecule has 0 atom stereocenters. The topological polar surface area (TPSA) is 33.2 Å². The average molecular weight is 278 g/mol. The van der Waals surface area contributed by atoms with Gasteiger partial charge in [-0.2, -0.15) is 0 Å². The van der Waals surface area contributed by atoms with Gasteiger partial charge in [0.05, 0.1) is 5.01 Å². The molecule has 19 heavy (non-hydrogen) atoms. The van der Waals surface area contributed by atoms with Crippen molar-refractivity contribution in [2.24, 2.45) is 5.92 Å². The van der Waals surface area contributed by atoms with Crippen LogP contribution in [-0.4, -0.2) is 28.4 Å². The minimum atomic E-state index is 0.311. The van der Waals surface area contributed by atoms with Crippen LogP contribution in [-0.2, 0) is 11.2 Å². The number of thiazole rings is 1. The lowest BCUT2D eigenvalue weighted by Gasteiger charge is -2.29. The summed E-state index contributed by atoms with van der Waals surface area (Å²) >= 11 is 1.70. The molecule has 0 aliphatic heterocycles. The predicted molar refractivity (Wildman–Crippen MR) is 77.1 cm³/mol. The molecule has 2 saturated carbocycles. The van der Waals surface area contributed by atoms with Gasteiger partial charge in [-0.3, -0.25) is 4.79 Å². The Morgan fingerprint density at radius 1 is 1.26 bits per heavy atom. The van der Waals surface area contributed by atoms with Crippen molar-refractivity contribution in [1.29, 1.82) is 0 Å². The highest BCUT2D eigenvalue weighted by molar-refractivity contribution is 7.09. The van der Waals surface area contributed by atoms with Gasteiger partial charge in [-0.25, -0.2) is 4.98 Å². The summed E-state index contributed by atoms with van der Waals surface area (Å²) in [5.41, 5.74) is 0. The third-order valence-electron chi connectivity index (χ3n) is 4.28. The van der Waals surface area contributed by atoms with E-state index in [0.717, 1.165) is 30.8 Å². The second kappa shape index (κ2) is 6.04. The molecular weight excluding hydrogens is 256 g/mol. The van der Waals surface area contributed by atoms with Crippen LogP contribution in [0.25, 0.3) is 0 Å². The smallest absolute Gasteiger partial charge is 0.225 e. The average Bonchev–Trinajstić information content (AvgIpc) is 3.15. The van der Waals surface area contributed by atoms with Gasteiger partial charge in [-0.1, -0.05) is 19.3 Å². The zero-order valence-corrected chi connectivity index (χ0v) is 12.2. The van der Waals surface area contributed by atoms with E-state index in [-0.39, 0.29) is 0 Å². The molecule has 3 nitrogen and oxygen atoms in total. The molecule has 1 aromatic rings. The first-order chi connectivity index (χ1) is 9.34. The highest BCUT2D eigenvalue weighted by Gasteiger charge is 2.35. The van der Waals surface area contributed by atoms with Gasteiger partial charge in [0.15, 0.2) is 0 Å². The van der Waals surface area contributed by atoms with Crippen LogP contribution in [0.2, 0.25) is 0 Å².